The Morgan fingerprint density at radius 2 is 0.549 bits per heavy atom. The molecule has 0 N–H and O–H groups in total. The third-order valence-corrected chi connectivity index (χ3v) is 14.2. The summed E-state index contributed by atoms with van der Waals surface area (Å²) in [4.78, 5) is 38.3. The number of carbonyl (C=O) groups excluding carboxylic acids is 3. The molecule has 0 amide bonds. The standard InChI is InChI=1S/C65H120O6/c1-4-7-10-13-16-19-22-25-28-31-34-37-40-43-46-49-52-55-58-64(67)70-61-62(60-69-63(66)57-54-51-48-45-42-39-36-33-30-27-24-21-18-15-12-9-6-3)71-65(68)59-56-53-50-47-44-41-38-35-32-29-26-23-20-17-14-11-8-5-2/h9,12,18,21,27,30,62H,4-8,10-11,13-17,19-20,22-26,28-29,31-61H2,1-3H3/b12-9-,21-18-,30-27-. The van der Waals surface area contributed by atoms with Crippen molar-refractivity contribution in [2.75, 3.05) is 13.2 Å². The zero-order valence-electron chi connectivity index (χ0n) is 47.8. The quantitative estimate of drug-likeness (QED) is 0.0261. The van der Waals surface area contributed by atoms with Gasteiger partial charge in [0.2, 0.25) is 0 Å². The van der Waals surface area contributed by atoms with Crippen LogP contribution in [0.4, 0.5) is 0 Å². The van der Waals surface area contributed by atoms with Crippen molar-refractivity contribution in [2.45, 2.75) is 348 Å². The first kappa shape index (κ1) is 68.6. The molecule has 0 aliphatic heterocycles. The van der Waals surface area contributed by atoms with Crippen molar-refractivity contribution in [1.29, 1.82) is 0 Å². The van der Waals surface area contributed by atoms with E-state index in [1.54, 1.807) is 0 Å². The van der Waals surface area contributed by atoms with Crippen LogP contribution in [0.3, 0.4) is 0 Å². The van der Waals surface area contributed by atoms with Crippen LogP contribution in [0.5, 0.6) is 0 Å². The summed E-state index contributed by atoms with van der Waals surface area (Å²) in [5.41, 5.74) is 0. The number of hydrogen-bond donors (Lipinski definition) is 0. The van der Waals surface area contributed by atoms with Crippen LogP contribution in [0.2, 0.25) is 0 Å². The number of carbonyl (C=O) groups is 3. The van der Waals surface area contributed by atoms with Crippen molar-refractivity contribution in [3.8, 4) is 0 Å². The summed E-state index contributed by atoms with van der Waals surface area (Å²) in [5.74, 6) is -0.854. The van der Waals surface area contributed by atoms with E-state index in [9.17, 15) is 14.4 Å². The molecule has 0 aliphatic carbocycles. The third-order valence-electron chi connectivity index (χ3n) is 14.2. The first-order valence-corrected chi connectivity index (χ1v) is 31.5. The average molecular weight is 998 g/mol. The number of esters is 3. The Bertz CT molecular complexity index is 1190. The maximum atomic E-state index is 12.9. The van der Waals surface area contributed by atoms with Crippen LogP contribution in [-0.2, 0) is 28.6 Å². The Balaban J connectivity index is 4.33. The zero-order valence-corrected chi connectivity index (χ0v) is 47.8. The van der Waals surface area contributed by atoms with E-state index in [0.29, 0.717) is 19.3 Å². The maximum absolute atomic E-state index is 12.9. The first-order valence-electron chi connectivity index (χ1n) is 31.5. The van der Waals surface area contributed by atoms with Gasteiger partial charge in [0.25, 0.3) is 0 Å². The van der Waals surface area contributed by atoms with Crippen molar-refractivity contribution in [3.63, 3.8) is 0 Å². The summed E-state index contributed by atoms with van der Waals surface area (Å²) in [5, 5.41) is 0. The van der Waals surface area contributed by atoms with E-state index in [2.05, 4.69) is 57.2 Å². The third kappa shape index (κ3) is 58.4. The molecule has 0 heterocycles. The number of rotatable bonds is 58. The SMILES string of the molecule is CC/C=C\C/C=C\C/C=C\CCCCCCCCCC(=O)OCC(COC(=O)CCCCCCCCCCCCCCCCCCCC)OC(=O)CCCCCCCCCCCCCCCCCCCC. The molecule has 0 aromatic carbocycles. The molecule has 0 rings (SSSR count). The average Bonchev–Trinajstić information content (AvgIpc) is 3.37. The van der Waals surface area contributed by atoms with E-state index in [1.165, 1.54) is 218 Å². The highest BCUT2D eigenvalue weighted by Crippen LogP contribution is 2.18. The molecule has 416 valence electrons. The largest absolute Gasteiger partial charge is 0.462 e. The first-order chi connectivity index (χ1) is 35.0. The molecule has 0 saturated heterocycles. The normalized spacial score (nSPS) is 12.2. The van der Waals surface area contributed by atoms with Crippen LogP contribution in [-0.4, -0.2) is 37.2 Å². The van der Waals surface area contributed by atoms with Gasteiger partial charge in [0.1, 0.15) is 13.2 Å². The lowest BCUT2D eigenvalue weighted by atomic mass is 10.0. The summed E-state index contributed by atoms with van der Waals surface area (Å²) in [6, 6.07) is 0. The van der Waals surface area contributed by atoms with Gasteiger partial charge in [-0.25, -0.2) is 0 Å². The molecule has 6 nitrogen and oxygen atoms in total. The molecule has 0 bridgehead atoms. The smallest absolute Gasteiger partial charge is 0.306 e. The van der Waals surface area contributed by atoms with Crippen molar-refractivity contribution in [1.82, 2.24) is 0 Å². The Kier molecular flexibility index (Phi) is 58.2. The fourth-order valence-corrected chi connectivity index (χ4v) is 9.46. The molecule has 0 aromatic heterocycles. The van der Waals surface area contributed by atoms with E-state index in [0.717, 1.165) is 83.5 Å². The summed E-state index contributed by atoms with van der Waals surface area (Å²) < 4.78 is 16.9. The number of ether oxygens (including phenoxy) is 3. The fourth-order valence-electron chi connectivity index (χ4n) is 9.46. The molecule has 0 aliphatic rings. The Labute approximate surface area is 442 Å². The van der Waals surface area contributed by atoms with Crippen LogP contribution >= 0.6 is 0 Å². The monoisotopic (exact) mass is 997 g/mol. The molecular formula is C65H120O6. The van der Waals surface area contributed by atoms with Gasteiger partial charge in [-0.2, -0.15) is 0 Å². The molecule has 0 aromatic rings. The Hall–Kier alpha value is -2.37. The topological polar surface area (TPSA) is 78.9 Å². The second kappa shape index (κ2) is 60.2. The van der Waals surface area contributed by atoms with Gasteiger partial charge in [-0.1, -0.05) is 308 Å². The van der Waals surface area contributed by atoms with Gasteiger partial charge < -0.3 is 14.2 Å². The summed E-state index contributed by atoms with van der Waals surface area (Å²) in [6.07, 6.45) is 72.9. The Morgan fingerprint density at radius 3 is 0.859 bits per heavy atom. The molecule has 0 spiro atoms. The highest BCUT2D eigenvalue weighted by atomic mass is 16.6. The van der Waals surface area contributed by atoms with E-state index >= 15 is 0 Å². The minimum Gasteiger partial charge on any atom is -0.462 e. The van der Waals surface area contributed by atoms with Gasteiger partial charge in [0, 0.05) is 19.3 Å². The Morgan fingerprint density at radius 1 is 0.296 bits per heavy atom. The number of unbranched alkanes of at least 4 members (excludes halogenated alkanes) is 41. The predicted octanol–water partition coefficient (Wildman–Crippen LogP) is 21.2. The predicted molar refractivity (Wildman–Crippen MR) is 307 cm³/mol. The van der Waals surface area contributed by atoms with Crippen LogP contribution in [0.1, 0.15) is 342 Å². The molecule has 1 unspecified atom stereocenters. The van der Waals surface area contributed by atoms with Gasteiger partial charge in [-0.15, -0.1) is 0 Å². The number of hydrogen-bond acceptors (Lipinski definition) is 6. The lowest BCUT2D eigenvalue weighted by Gasteiger charge is -2.18. The molecule has 0 radical (unpaired) electrons. The molecule has 0 saturated carbocycles. The van der Waals surface area contributed by atoms with Gasteiger partial charge in [0.05, 0.1) is 0 Å². The van der Waals surface area contributed by atoms with Crippen molar-refractivity contribution >= 4 is 17.9 Å². The van der Waals surface area contributed by atoms with Crippen molar-refractivity contribution in [3.05, 3.63) is 36.5 Å². The van der Waals surface area contributed by atoms with Gasteiger partial charge in [-0.05, 0) is 51.4 Å². The van der Waals surface area contributed by atoms with Crippen molar-refractivity contribution < 1.29 is 28.6 Å². The van der Waals surface area contributed by atoms with E-state index in [1.807, 2.05) is 0 Å². The summed E-state index contributed by atoms with van der Waals surface area (Å²) >= 11 is 0. The van der Waals surface area contributed by atoms with Gasteiger partial charge in [0.15, 0.2) is 6.10 Å². The highest BCUT2D eigenvalue weighted by molar-refractivity contribution is 5.71. The van der Waals surface area contributed by atoms with E-state index in [4.69, 9.17) is 14.2 Å². The minimum absolute atomic E-state index is 0.0696. The van der Waals surface area contributed by atoms with Crippen LogP contribution < -0.4 is 0 Å². The fraction of sp³-hybridized carbons (Fsp3) is 0.862. The lowest BCUT2D eigenvalue weighted by Crippen LogP contribution is -2.30. The van der Waals surface area contributed by atoms with Gasteiger partial charge in [-0.3, -0.25) is 14.4 Å². The molecule has 1 atom stereocenters. The van der Waals surface area contributed by atoms with Crippen molar-refractivity contribution in [2.24, 2.45) is 0 Å². The molecule has 6 heteroatoms. The number of allylic oxidation sites excluding steroid dienone is 6. The van der Waals surface area contributed by atoms with Crippen LogP contribution in [0.15, 0.2) is 36.5 Å². The molecule has 0 fully saturated rings. The molecular weight excluding hydrogens is 877 g/mol. The summed E-state index contributed by atoms with van der Waals surface area (Å²) in [7, 11) is 0. The lowest BCUT2D eigenvalue weighted by molar-refractivity contribution is -0.167. The van der Waals surface area contributed by atoms with Crippen LogP contribution in [0.25, 0.3) is 0 Å². The second-order valence-corrected chi connectivity index (χ2v) is 21.3. The van der Waals surface area contributed by atoms with Gasteiger partial charge >= 0.3 is 17.9 Å². The van der Waals surface area contributed by atoms with E-state index in [-0.39, 0.29) is 31.1 Å². The maximum Gasteiger partial charge on any atom is 0.306 e. The minimum atomic E-state index is -0.773. The summed E-state index contributed by atoms with van der Waals surface area (Å²) in [6.45, 7) is 6.59. The zero-order chi connectivity index (χ0) is 51.4. The molecule has 71 heavy (non-hydrogen) atoms. The van der Waals surface area contributed by atoms with Crippen LogP contribution in [0, 0.1) is 0 Å². The second-order valence-electron chi connectivity index (χ2n) is 21.3. The van der Waals surface area contributed by atoms with E-state index < -0.39 is 6.10 Å². The highest BCUT2D eigenvalue weighted by Gasteiger charge is 2.19.